The highest BCUT2D eigenvalue weighted by atomic mass is 16.6. The second-order valence-electron chi connectivity index (χ2n) is 36.7. The summed E-state index contributed by atoms with van der Waals surface area (Å²) in [6, 6.07) is 37.9. The number of aryl methyl sites for hydroxylation is 1. The summed E-state index contributed by atoms with van der Waals surface area (Å²) in [5.74, 6) is 0.797. The zero-order valence-electron chi connectivity index (χ0n) is 73.1. The van der Waals surface area contributed by atoms with Crippen LogP contribution in [0.2, 0.25) is 0 Å². The third-order valence-electron chi connectivity index (χ3n) is 27.1. The summed E-state index contributed by atoms with van der Waals surface area (Å²) < 4.78 is 35.0. The minimum atomic E-state index is -0.990. The highest BCUT2D eigenvalue weighted by Crippen LogP contribution is 2.52. The summed E-state index contributed by atoms with van der Waals surface area (Å²) in [6.45, 7) is 19.7. The van der Waals surface area contributed by atoms with Crippen LogP contribution in [0.5, 0.6) is 17.2 Å². The molecule has 0 bridgehead atoms. The lowest BCUT2D eigenvalue weighted by Gasteiger charge is -2.33. The molecule has 19 heteroatoms. The summed E-state index contributed by atoms with van der Waals surface area (Å²) in [6.07, 6.45) is 23.5. The van der Waals surface area contributed by atoms with Crippen LogP contribution in [-0.4, -0.2) is 129 Å². The van der Waals surface area contributed by atoms with Gasteiger partial charge < -0.3 is 64.8 Å². The fourth-order valence-corrected chi connectivity index (χ4v) is 20.4. The largest absolute Gasteiger partial charge is 0.482 e. The number of carboxylic acids is 3. The molecule has 121 heavy (non-hydrogen) atoms. The van der Waals surface area contributed by atoms with Gasteiger partial charge in [0.05, 0.1) is 30.1 Å². The molecule has 6 aliphatic rings. The Kier molecular flexibility index (Phi) is 37.4. The van der Waals surface area contributed by atoms with E-state index in [1.165, 1.54) is 33.2 Å². The van der Waals surface area contributed by atoms with E-state index in [4.69, 9.17) is 49.5 Å². The Morgan fingerprint density at radius 1 is 0.421 bits per heavy atom. The Labute approximate surface area is 720 Å². The fourth-order valence-electron chi connectivity index (χ4n) is 20.4. The number of hydrogen-bond acceptors (Lipinski definition) is 16. The molecule has 8 N–H and O–H groups in total. The first-order chi connectivity index (χ1) is 57.6. The smallest absolute Gasteiger partial charge is 0.341 e. The second kappa shape index (κ2) is 46.9. The number of esters is 3. The summed E-state index contributed by atoms with van der Waals surface area (Å²) in [5, 5.41) is 62.7. The van der Waals surface area contributed by atoms with Crippen LogP contribution in [0.3, 0.4) is 0 Å². The van der Waals surface area contributed by atoms with E-state index in [1.807, 2.05) is 70.2 Å². The normalized spacial score (nSPS) is 23.1. The molecule has 6 aliphatic carbocycles. The van der Waals surface area contributed by atoms with E-state index >= 15 is 0 Å². The molecular weight excluding hydrogens is 1530 g/mol. The van der Waals surface area contributed by atoms with Crippen LogP contribution in [0.15, 0.2) is 115 Å². The van der Waals surface area contributed by atoms with E-state index in [2.05, 4.69) is 114 Å². The maximum atomic E-state index is 13.4. The Balaban J connectivity index is 0.000000207. The molecule has 6 aromatic carbocycles. The Hall–Kier alpha value is -8.36. The molecule has 12 rings (SSSR count). The van der Waals surface area contributed by atoms with Crippen LogP contribution in [0.25, 0.3) is 10.8 Å². The highest BCUT2D eigenvalue weighted by Gasteiger charge is 2.49. The van der Waals surface area contributed by atoms with Crippen molar-refractivity contribution in [1.82, 2.24) is 0 Å². The number of aliphatic hydroxyl groups is 3. The quantitative estimate of drug-likeness (QED) is 0.0107. The molecule has 3 fully saturated rings. The molecule has 0 spiro atoms. The number of unbranched alkanes of at least 4 members (excludes halogenated alkanes) is 6. The predicted molar refractivity (Wildman–Crippen MR) is 474 cm³/mol. The van der Waals surface area contributed by atoms with Gasteiger partial charge in [-0.3, -0.25) is 14.4 Å². The first-order valence-electron chi connectivity index (χ1n) is 45.5. The van der Waals surface area contributed by atoms with E-state index in [-0.39, 0.29) is 117 Å². The van der Waals surface area contributed by atoms with Crippen LogP contribution in [-0.2, 0) is 87.9 Å². The lowest BCUT2D eigenvalue weighted by atomic mass is 9.73. The predicted octanol–water partition coefficient (Wildman–Crippen LogP) is 19.3. The van der Waals surface area contributed by atoms with Crippen molar-refractivity contribution in [1.29, 1.82) is 0 Å². The summed E-state index contributed by atoms with van der Waals surface area (Å²) >= 11 is 0. The number of aliphatic carboxylic acids is 3. The molecular formula is C102H143NO18. The molecule has 3 saturated carbocycles. The van der Waals surface area contributed by atoms with Gasteiger partial charge in [-0.25, -0.2) is 14.4 Å². The van der Waals surface area contributed by atoms with Crippen molar-refractivity contribution in [3.63, 3.8) is 0 Å². The van der Waals surface area contributed by atoms with Crippen LogP contribution in [0.1, 0.15) is 272 Å². The zero-order chi connectivity index (χ0) is 86.3. The third-order valence-corrected chi connectivity index (χ3v) is 27.1. The number of carbonyl (C=O) groups excluding carboxylic acids is 3. The van der Waals surface area contributed by atoms with Gasteiger partial charge in [0.25, 0.3) is 0 Å². The van der Waals surface area contributed by atoms with Crippen LogP contribution >= 0.6 is 0 Å². The zero-order valence-corrected chi connectivity index (χ0v) is 73.1. The average molecular weight is 1670 g/mol. The van der Waals surface area contributed by atoms with Gasteiger partial charge in [0.1, 0.15) is 41.6 Å². The molecule has 0 amide bonds. The van der Waals surface area contributed by atoms with Gasteiger partial charge in [-0.1, -0.05) is 197 Å². The van der Waals surface area contributed by atoms with Crippen molar-refractivity contribution >= 4 is 46.6 Å². The van der Waals surface area contributed by atoms with Crippen molar-refractivity contribution in [3.8, 4) is 17.2 Å². The lowest BCUT2D eigenvalue weighted by molar-refractivity contribution is -0.153. The summed E-state index contributed by atoms with van der Waals surface area (Å²) in [5.41, 5.74) is 17.3. The molecule has 0 radical (unpaired) electrons. The van der Waals surface area contributed by atoms with Crippen LogP contribution < -0.4 is 19.9 Å². The minimum Gasteiger partial charge on any atom is -0.482 e. The van der Waals surface area contributed by atoms with Crippen molar-refractivity contribution < 1.29 is 87.8 Å². The average Bonchev–Trinajstić information content (AvgIpc) is 1.65. The van der Waals surface area contributed by atoms with E-state index in [9.17, 15) is 44.1 Å². The Morgan fingerprint density at radius 3 is 1.12 bits per heavy atom. The van der Waals surface area contributed by atoms with Gasteiger partial charge in [0.15, 0.2) is 19.8 Å². The third kappa shape index (κ3) is 27.1. The number of carbonyl (C=O) groups is 6. The van der Waals surface area contributed by atoms with Gasteiger partial charge in [-0.2, -0.15) is 0 Å². The Bertz CT molecular complexity index is 4310. The van der Waals surface area contributed by atoms with E-state index < -0.39 is 23.9 Å². The van der Waals surface area contributed by atoms with Crippen molar-refractivity contribution in [2.75, 3.05) is 19.8 Å². The van der Waals surface area contributed by atoms with Gasteiger partial charge >= 0.3 is 35.8 Å². The number of aliphatic hydroxyl groups excluding tert-OH is 3. The van der Waals surface area contributed by atoms with E-state index in [1.54, 1.807) is 0 Å². The molecule has 2 unspecified atom stereocenters. The number of carboxylic acid groups (broad SMARTS) is 3. The maximum Gasteiger partial charge on any atom is 0.341 e. The van der Waals surface area contributed by atoms with E-state index in [0.717, 1.165) is 213 Å². The number of hydrogen-bond donors (Lipinski definition) is 7. The van der Waals surface area contributed by atoms with Gasteiger partial charge in [0, 0.05) is 0 Å². The van der Waals surface area contributed by atoms with Crippen molar-refractivity contribution in [2.45, 2.75) is 311 Å². The topological polar surface area (TPSA) is 305 Å². The molecule has 664 valence electrons. The number of fused-ring (bicyclic) bond motifs is 7. The number of benzene rings is 6. The number of ether oxygens (including phenoxy) is 6. The van der Waals surface area contributed by atoms with Crippen LogP contribution in [0, 0.1) is 72.0 Å². The van der Waals surface area contributed by atoms with Crippen LogP contribution in [0.4, 0.5) is 0 Å². The SMILES string of the molecule is C.CCCCC[C@@H](CC[C@@H]1[C@H]2Cc3cccc(OCC(=O)O)c3C[C@H]2C[C@H]1O)OC(=O)C(C)c1ccc(CC(C)C)cc1.CCCCC[C@@H](CC[C@@H]1[C@H]2Cc3cccc(OCC(=O)O)c3C[C@H]2C[C@H]1O)OC(=O)C(N)C(C)C.CCCCC[C@@H](CC[C@@H]1[C@H]2Cc3cccc(OCC(=O)O)c3C[C@H]2C[C@H]1O)OC(=O)[C@@H](C)c1ccc2cc(C)ccc2c1. The van der Waals surface area contributed by atoms with Crippen molar-refractivity contribution in [2.24, 2.45) is 70.8 Å². The molecule has 18 atom stereocenters. The molecule has 6 aromatic rings. The Morgan fingerprint density at radius 2 is 0.769 bits per heavy atom. The minimum absolute atomic E-state index is 0. The van der Waals surface area contributed by atoms with Gasteiger partial charge in [0.2, 0.25) is 0 Å². The van der Waals surface area contributed by atoms with Gasteiger partial charge in [-0.05, 0) is 306 Å². The van der Waals surface area contributed by atoms with Gasteiger partial charge in [-0.15, -0.1) is 0 Å². The summed E-state index contributed by atoms with van der Waals surface area (Å²) in [7, 11) is 0. The number of rotatable bonds is 41. The highest BCUT2D eigenvalue weighted by molar-refractivity contribution is 5.86. The molecule has 0 aliphatic heterocycles. The molecule has 19 nitrogen and oxygen atoms in total. The fraction of sp³-hybridized carbons (Fsp3) is 0.608. The lowest BCUT2D eigenvalue weighted by Crippen LogP contribution is -2.39. The molecule has 0 heterocycles. The standard InChI is InChI=1S/C37H46O6.C36H50O6.C28H43NO6.CH4/c1-4-5-6-9-30(43-37(41)24(3)25-13-14-26-17-23(2)11-12-27(26)18-25)15-16-31-32-19-28-8-7-10-35(42-22-36(39)40)33(28)20-29(32)21-34(31)38;1-5-6-7-10-29(42-36(40)24(4)26-14-12-25(13-15-26)18-23(2)3)16-17-30-31-19-27-9-8-11-34(41-22-35(38)39)32(27)20-28(31)21-33(30)37;1-4-5-6-9-20(35-28(33)27(29)17(2)3)11-12-21-22-13-18-8-7-10-25(34-16-26(31)32)23(18)14-19(22)15-24(21)30;/h7-8,10-14,17-18,24,29-32,34,38H,4-6,9,15-16,19-22H2,1-3H3,(H,39,40);8-9,11-15,23-24,28-31,33,37H,5-7,10,16-22H2,1-4H3,(H,38,39);7-8,10,17,19-22,24,27,30H,4-6,9,11-16,29H2,1-3H3,(H,31,32);1H4/t24-,29-,30-,31+,32-,34+;24?,28-,29-,30+,31-,33+;19-,20-,21+,22-,24+,27?;/m000./s1. The van der Waals surface area contributed by atoms with E-state index in [0.29, 0.717) is 58.7 Å². The maximum absolute atomic E-state index is 13.4. The monoisotopic (exact) mass is 1670 g/mol. The molecule has 0 saturated heterocycles. The van der Waals surface area contributed by atoms with Crippen molar-refractivity contribution in [3.05, 3.63) is 171 Å². The second-order valence-corrected chi connectivity index (χ2v) is 36.7. The summed E-state index contributed by atoms with van der Waals surface area (Å²) in [4.78, 5) is 72.3. The molecule has 0 aromatic heterocycles. The first-order valence-corrected chi connectivity index (χ1v) is 45.5. The number of nitrogens with two attached hydrogens (primary N) is 1. The first kappa shape index (κ1) is 96.5.